The molecule has 152 valence electrons. The predicted molar refractivity (Wildman–Crippen MR) is 137 cm³/mol. The predicted octanol–water partition coefficient (Wildman–Crippen LogP) is 10.1. The van der Waals surface area contributed by atoms with Crippen LogP contribution in [0.4, 0.5) is 0 Å². The zero-order valence-corrected chi connectivity index (χ0v) is 22.4. The van der Waals surface area contributed by atoms with E-state index in [0.717, 1.165) is 0 Å². The van der Waals surface area contributed by atoms with Gasteiger partial charge in [-0.05, 0) is 12.8 Å². The largest absolute Gasteiger partial charge is 0.245 e. The maximum absolute atomic E-state index is 5.80. The fraction of sp³-hybridized carbons (Fsp3) is 1.00. The molecule has 0 aliphatic rings. The minimum atomic E-state index is 0.600. The van der Waals surface area contributed by atoms with Crippen LogP contribution in [0.25, 0.3) is 0 Å². The van der Waals surface area contributed by atoms with Gasteiger partial charge < -0.3 is 0 Å². The van der Waals surface area contributed by atoms with Crippen LogP contribution in [-0.4, -0.2) is 6.51 Å². The van der Waals surface area contributed by atoms with E-state index in [0.29, 0.717) is 6.51 Å². The standard InChI is InChI=1S/C20H40I2OS2/c1-3-5-7-9-11-13-15-17-19(21)24-23-25-20(22)18-16-14-12-10-8-6-4-2/h19-20H,3-18H2,1-2H3. The highest BCUT2D eigenvalue weighted by Crippen LogP contribution is 2.34. The van der Waals surface area contributed by atoms with E-state index in [9.17, 15) is 0 Å². The first-order valence-electron chi connectivity index (χ1n) is 10.5. The van der Waals surface area contributed by atoms with E-state index in [1.807, 2.05) is 0 Å². The minimum absolute atomic E-state index is 0.600. The number of hydrogen-bond acceptors (Lipinski definition) is 3. The Hall–Kier alpha value is 2.12. The smallest absolute Gasteiger partial charge is 0.0839 e. The maximum atomic E-state index is 5.80. The molecule has 0 fully saturated rings. The number of halogens is 2. The zero-order valence-electron chi connectivity index (χ0n) is 16.4. The van der Waals surface area contributed by atoms with Gasteiger partial charge in [0.1, 0.15) is 0 Å². The van der Waals surface area contributed by atoms with Crippen LogP contribution in [0.1, 0.15) is 117 Å². The molecule has 0 bridgehead atoms. The van der Waals surface area contributed by atoms with Crippen molar-refractivity contribution in [2.24, 2.45) is 0 Å². The normalized spacial score (nSPS) is 13.9. The summed E-state index contributed by atoms with van der Waals surface area (Å²) in [6.07, 6.45) is 22.1. The molecule has 0 saturated heterocycles. The number of hydrogen-bond donors (Lipinski definition) is 0. The van der Waals surface area contributed by atoms with E-state index in [2.05, 4.69) is 59.0 Å². The van der Waals surface area contributed by atoms with Crippen molar-refractivity contribution in [1.82, 2.24) is 0 Å². The van der Waals surface area contributed by atoms with Gasteiger partial charge in [-0.2, -0.15) is 0 Å². The third-order valence-electron chi connectivity index (χ3n) is 4.36. The Morgan fingerprint density at radius 2 is 0.880 bits per heavy atom. The lowest BCUT2D eigenvalue weighted by Crippen LogP contribution is -1.95. The van der Waals surface area contributed by atoms with Crippen molar-refractivity contribution in [1.29, 1.82) is 0 Å². The second kappa shape index (κ2) is 22.4. The molecular weight excluding hydrogens is 574 g/mol. The summed E-state index contributed by atoms with van der Waals surface area (Å²) in [7, 11) is 0. The van der Waals surface area contributed by atoms with Crippen LogP contribution in [0.3, 0.4) is 0 Å². The van der Waals surface area contributed by atoms with E-state index in [1.54, 1.807) is 24.1 Å². The Balaban J connectivity index is 3.29. The molecule has 0 spiro atoms. The van der Waals surface area contributed by atoms with Crippen LogP contribution in [-0.2, 0) is 3.63 Å². The van der Waals surface area contributed by atoms with Gasteiger partial charge in [0.15, 0.2) is 0 Å². The molecule has 0 aliphatic carbocycles. The Bertz CT molecular complexity index is 234. The molecule has 0 aromatic rings. The zero-order chi connectivity index (χ0) is 18.6. The second-order valence-electron chi connectivity index (χ2n) is 6.90. The molecule has 2 atom stereocenters. The minimum Gasteiger partial charge on any atom is -0.245 e. The third kappa shape index (κ3) is 22.3. The quantitative estimate of drug-likeness (QED) is 0.0585. The van der Waals surface area contributed by atoms with Gasteiger partial charge in [0.25, 0.3) is 0 Å². The lowest BCUT2D eigenvalue weighted by Gasteiger charge is -2.11. The summed E-state index contributed by atoms with van der Waals surface area (Å²) in [4.78, 5) is 0. The molecule has 0 N–H and O–H groups in total. The van der Waals surface area contributed by atoms with E-state index < -0.39 is 0 Å². The molecule has 1 nitrogen and oxygen atoms in total. The summed E-state index contributed by atoms with van der Waals surface area (Å²) < 4.78 is 7.00. The van der Waals surface area contributed by atoms with Crippen LogP contribution in [0.5, 0.6) is 0 Å². The molecule has 25 heavy (non-hydrogen) atoms. The molecule has 0 aliphatic heterocycles. The molecule has 0 amide bonds. The van der Waals surface area contributed by atoms with E-state index in [4.69, 9.17) is 3.63 Å². The first kappa shape index (κ1) is 27.1. The molecule has 5 heteroatoms. The van der Waals surface area contributed by atoms with Gasteiger partial charge in [-0.25, -0.2) is 3.63 Å². The summed E-state index contributed by atoms with van der Waals surface area (Å²) in [5.74, 6) is 0. The second-order valence-corrected chi connectivity index (χ2v) is 13.7. The van der Waals surface area contributed by atoms with Gasteiger partial charge in [0.05, 0.1) is 6.51 Å². The topological polar surface area (TPSA) is 9.23 Å². The average Bonchev–Trinajstić information content (AvgIpc) is 2.60. The molecule has 0 saturated carbocycles. The Kier molecular flexibility index (Phi) is 24.3. The highest BCUT2D eigenvalue weighted by Gasteiger charge is 2.10. The van der Waals surface area contributed by atoms with Gasteiger partial charge in [0, 0.05) is 24.1 Å². The molecule has 2 unspecified atom stereocenters. The SMILES string of the molecule is CCCCCCCCCC(I)SOSC(I)CCCCCCCCC. The first-order chi connectivity index (χ1) is 12.2. The summed E-state index contributed by atoms with van der Waals surface area (Å²) >= 11 is 8.42. The third-order valence-corrected chi connectivity index (χ3v) is 8.37. The van der Waals surface area contributed by atoms with Crippen molar-refractivity contribution in [3.05, 3.63) is 0 Å². The van der Waals surface area contributed by atoms with Gasteiger partial charge in [0.2, 0.25) is 0 Å². The molecular formula is C20H40I2OS2. The lowest BCUT2D eigenvalue weighted by atomic mass is 10.1. The first-order valence-corrected chi connectivity index (χ1v) is 14.6. The van der Waals surface area contributed by atoms with E-state index in [1.165, 1.54) is 103 Å². The summed E-state index contributed by atoms with van der Waals surface area (Å²) in [5.41, 5.74) is 0. The number of unbranched alkanes of at least 4 members (excludes halogenated alkanes) is 12. The summed E-state index contributed by atoms with van der Waals surface area (Å²) in [6, 6.07) is 0. The van der Waals surface area contributed by atoms with Crippen LogP contribution < -0.4 is 0 Å². The molecule has 0 heterocycles. The van der Waals surface area contributed by atoms with Crippen LogP contribution in [0, 0.1) is 0 Å². The molecule has 0 radical (unpaired) electrons. The average molecular weight is 614 g/mol. The Morgan fingerprint density at radius 3 is 1.24 bits per heavy atom. The fourth-order valence-corrected chi connectivity index (χ4v) is 6.52. The Morgan fingerprint density at radius 1 is 0.560 bits per heavy atom. The summed E-state index contributed by atoms with van der Waals surface area (Å²) in [5, 5.41) is 0. The van der Waals surface area contributed by atoms with Gasteiger partial charge in [-0.3, -0.25) is 0 Å². The van der Waals surface area contributed by atoms with Crippen molar-refractivity contribution >= 4 is 69.3 Å². The summed E-state index contributed by atoms with van der Waals surface area (Å²) in [6.45, 7) is 4.57. The van der Waals surface area contributed by atoms with Crippen LogP contribution in [0.15, 0.2) is 0 Å². The number of alkyl halides is 2. The molecule has 0 aromatic carbocycles. The van der Waals surface area contributed by atoms with Crippen molar-refractivity contribution < 1.29 is 3.63 Å². The van der Waals surface area contributed by atoms with E-state index >= 15 is 0 Å². The Labute approximate surface area is 194 Å². The van der Waals surface area contributed by atoms with Crippen LogP contribution >= 0.6 is 69.3 Å². The number of rotatable bonds is 20. The highest BCUT2D eigenvalue weighted by molar-refractivity contribution is 14.1. The highest BCUT2D eigenvalue weighted by atomic mass is 127. The lowest BCUT2D eigenvalue weighted by molar-refractivity contribution is 0.582. The van der Waals surface area contributed by atoms with Gasteiger partial charge in [-0.15, -0.1) is 0 Å². The van der Waals surface area contributed by atoms with Crippen molar-refractivity contribution in [2.75, 3.05) is 0 Å². The van der Waals surface area contributed by atoms with Crippen molar-refractivity contribution in [3.63, 3.8) is 0 Å². The van der Waals surface area contributed by atoms with Crippen molar-refractivity contribution in [2.45, 2.75) is 123 Å². The fourth-order valence-electron chi connectivity index (χ4n) is 2.73. The molecule has 0 rings (SSSR count). The van der Waals surface area contributed by atoms with E-state index in [-0.39, 0.29) is 0 Å². The van der Waals surface area contributed by atoms with Crippen molar-refractivity contribution in [3.8, 4) is 0 Å². The van der Waals surface area contributed by atoms with Gasteiger partial charge in [-0.1, -0.05) is 149 Å². The van der Waals surface area contributed by atoms with Gasteiger partial charge >= 0.3 is 0 Å². The maximum Gasteiger partial charge on any atom is 0.0839 e. The monoisotopic (exact) mass is 614 g/mol. The molecule has 0 aromatic heterocycles. The van der Waals surface area contributed by atoms with Crippen LogP contribution in [0.2, 0.25) is 0 Å².